The van der Waals surface area contributed by atoms with Crippen molar-refractivity contribution in [2.45, 2.75) is 13.1 Å². The van der Waals surface area contributed by atoms with Crippen LogP contribution in [-0.4, -0.2) is 19.3 Å². The van der Waals surface area contributed by atoms with Crippen molar-refractivity contribution in [2.24, 2.45) is 0 Å². The minimum absolute atomic E-state index is 0.0515. The summed E-state index contributed by atoms with van der Waals surface area (Å²) in [6.07, 6.45) is 3.01. The Balaban J connectivity index is 1.55. The largest absolute Gasteiger partial charge is 0.337 e. The highest BCUT2D eigenvalue weighted by Gasteiger charge is 2.12. The summed E-state index contributed by atoms with van der Waals surface area (Å²) >= 11 is 5.86. The van der Waals surface area contributed by atoms with Crippen LogP contribution in [0.15, 0.2) is 75.0 Å². The number of rotatable bonds is 5. The van der Waals surface area contributed by atoms with E-state index in [-0.39, 0.29) is 30.6 Å². The number of halogens is 2. The number of hydrogen-bond acceptors (Lipinski definition) is 5. The van der Waals surface area contributed by atoms with Gasteiger partial charge in [-0.25, -0.2) is 4.39 Å². The summed E-state index contributed by atoms with van der Waals surface area (Å²) in [5.41, 5.74) is 0.0466. The summed E-state index contributed by atoms with van der Waals surface area (Å²) < 4.78 is 20.7. The Labute approximate surface area is 168 Å². The quantitative estimate of drug-likeness (QED) is 0.471. The third kappa shape index (κ3) is 4.17. The molecule has 0 fully saturated rings. The molecule has 0 N–H and O–H groups in total. The van der Waals surface area contributed by atoms with Crippen LogP contribution < -0.4 is 11.1 Å². The normalized spacial score (nSPS) is 11.0. The molecule has 0 aliphatic carbocycles. The van der Waals surface area contributed by atoms with Gasteiger partial charge in [0, 0.05) is 23.0 Å². The zero-order chi connectivity index (χ0) is 20.4. The third-order valence-corrected chi connectivity index (χ3v) is 4.53. The van der Waals surface area contributed by atoms with E-state index in [0.717, 1.165) is 5.56 Å². The Bertz CT molecular complexity index is 1260. The first-order valence-corrected chi connectivity index (χ1v) is 9.00. The lowest BCUT2D eigenvalue weighted by atomic mass is 10.2. The fourth-order valence-electron chi connectivity index (χ4n) is 2.76. The molecule has 0 aliphatic rings. The molecular weight excluding hydrogens is 399 g/mol. The lowest BCUT2D eigenvalue weighted by Crippen LogP contribution is -2.40. The summed E-state index contributed by atoms with van der Waals surface area (Å²) in [5.74, 6) is 0.0496. The van der Waals surface area contributed by atoms with E-state index in [9.17, 15) is 14.0 Å². The van der Waals surface area contributed by atoms with Crippen LogP contribution in [0, 0.1) is 5.82 Å². The van der Waals surface area contributed by atoms with Crippen LogP contribution in [-0.2, 0) is 13.1 Å². The van der Waals surface area contributed by atoms with E-state index in [0.29, 0.717) is 10.6 Å². The van der Waals surface area contributed by atoms with Crippen LogP contribution >= 0.6 is 11.6 Å². The van der Waals surface area contributed by atoms with Crippen molar-refractivity contribution < 1.29 is 8.91 Å². The highest BCUT2D eigenvalue weighted by Crippen LogP contribution is 2.16. The molecule has 9 heteroatoms. The molecule has 0 amide bonds. The van der Waals surface area contributed by atoms with Crippen molar-refractivity contribution in [3.8, 4) is 11.4 Å². The van der Waals surface area contributed by atoms with Gasteiger partial charge in [0.2, 0.25) is 11.7 Å². The van der Waals surface area contributed by atoms with E-state index in [1.807, 2.05) is 0 Å². The van der Waals surface area contributed by atoms with Gasteiger partial charge in [-0.05, 0) is 42.0 Å². The van der Waals surface area contributed by atoms with Crippen LogP contribution in [0.2, 0.25) is 5.02 Å². The van der Waals surface area contributed by atoms with Crippen molar-refractivity contribution in [1.82, 2.24) is 19.3 Å². The third-order valence-electron chi connectivity index (χ3n) is 4.27. The number of benzene rings is 2. The molecule has 0 atom stereocenters. The fraction of sp³-hybridized carbons (Fsp3) is 0.100. The maximum absolute atomic E-state index is 13.0. The van der Waals surface area contributed by atoms with Gasteiger partial charge in [-0.1, -0.05) is 28.9 Å². The summed E-state index contributed by atoms with van der Waals surface area (Å²) in [6, 6.07) is 12.6. The Hall–Kier alpha value is -3.52. The van der Waals surface area contributed by atoms with Gasteiger partial charge in [-0.3, -0.25) is 14.2 Å². The zero-order valence-electron chi connectivity index (χ0n) is 15.0. The van der Waals surface area contributed by atoms with E-state index in [1.54, 1.807) is 24.3 Å². The molecule has 0 unspecified atom stereocenters. The number of hydrogen-bond donors (Lipinski definition) is 0. The molecule has 2 heterocycles. The maximum Gasteiger partial charge on any atom is 0.316 e. The molecule has 0 bridgehead atoms. The van der Waals surface area contributed by atoms with Crippen LogP contribution in [0.1, 0.15) is 11.5 Å². The van der Waals surface area contributed by atoms with Gasteiger partial charge in [0.25, 0.3) is 0 Å². The van der Waals surface area contributed by atoms with Crippen molar-refractivity contribution in [1.29, 1.82) is 0 Å². The van der Waals surface area contributed by atoms with E-state index in [1.165, 1.54) is 45.8 Å². The molecule has 0 saturated heterocycles. The molecule has 7 nitrogen and oxygen atoms in total. The van der Waals surface area contributed by atoms with Crippen molar-refractivity contribution in [3.63, 3.8) is 0 Å². The second-order valence-electron chi connectivity index (χ2n) is 6.31. The van der Waals surface area contributed by atoms with Crippen LogP contribution in [0.5, 0.6) is 0 Å². The topological polar surface area (TPSA) is 82.9 Å². The first-order chi connectivity index (χ1) is 14.0. The molecule has 0 spiro atoms. The highest BCUT2D eigenvalue weighted by atomic mass is 35.5. The van der Waals surface area contributed by atoms with E-state index in [4.69, 9.17) is 16.1 Å². The molecule has 4 aromatic rings. The summed E-state index contributed by atoms with van der Waals surface area (Å²) in [5, 5.41) is 4.42. The van der Waals surface area contributed by atoms with Gasteiger partial charge in [0.1, 0.15) is 12.4 Å². The van der Waals surface area contributed by atoms with Crippen molar-refractivity contribution in [2.75, 3.05) is 0 Å². The number of nitrogens with zero attached hydrogens (tertiary/aromatic N) is 4. The SMILES string of the molecule is O=c1c(=O)n(Cc2nc(-c3ccc(F)cc3)no2)ccn1Cc1ccc(Cl)cc1. The molecule has 29 heavy (non-hydrogen) atoms. The predicted molar refractivity (Wildman–Crippen MR) is 104 cm³/mol. The van der Waals surface area contributed by atoms with E-state index >= 15 is 0 Å². The summed E-state index contributed by atoms with van der Waals surface area (Å²) in [7, 11) is 0. The predicted octanol–water partition coefficient (Wildman–Crippen LogP) is 2.95. The Morgan fingerprint density at radius 1 is 0.897 bits per heavy atom. The highest BCUT2D eigenvalue weighted by molar-refractivity contribution is 6.30. The van der Waals surface area contributed by atoms with Gasteiger partial charge < -0.3 is 9.09 Å². The fourth-order valence-corrected chi connectivity index (χ4v) is 2.88. The molecule has 0 radical (unpaired) electrons. The lowest BCUT2D eigenvalue weighted by molar-refractivity contribution is 0.369. The van der Waals surface area contributed by atoms with E-state index in [2.05, 4.69) is 10.1 Å². The summed E-state index contributed by atoms with van der Waals surface area (Å²) in [4.78, 5) is 29.0. The molecule has 0 aliphatic heterocycles. The Kier molecular flexibility index (Phi) is 5.09. The van der Waals surface area contributed by atoms with Crippen molar-refractivity contribution in [3.05, 3.63) is 104 Å². The van der Waals surface area contributed by atoms with Crippen molar-refractivity contribution >= 4 is 11.6 Å². The molecule has 146 valence electrons. The Morgan fingerprint density at radius 2 is 1.52 bits per heavy atom. The first kappa shape index (κ1) is 18.8. The van der Waals surface area contributed by atoms with Crippen LogP contribution in [0.25, 0.3) is 11.4 Å². The smallest absolute Gasteiger partial charge is 0.316 e. The Morgan fingerprint density at radius 3 is 2.17 bits per heavy atom. The van der Waals surface area contributed by atoms with Crippen LogP contribution in [0.4, 0.5) is 4.39 Å². The average Bonchev–Trinajstić information content (AvgIpc) is 3.18. The second kappa shape index (κ2) is 7.84. The second-order valence-corrected chi connectivity index (χ2v) is 6.75. The van der Waals surface area contributed by atoms with Gasteiger partial charge in [0.15, 0.2) is 0 Å². The van der Waals surface area contributed by atoms with Gasteiger partial charge >= 0.3 is 11.1 Å². The molecule has 0 saturated carbocycles. The average molecular weight is 413 g/mol. The standard InChI is InChI=1S/C20H14ClFN4O3/c21-15-5-1-13(2-6-15)11-25-9-10-26(20(28)19(25)27)12-17-23-18(24-29-17)14-3-7-16(22)8-4-14/h1-10H,11-12H2. The molecular formula is C20H14ClFN4O3. The van der Waals surface area contributed by atoms with Gasteiger partial charge in [0.05, 0.1) is 6.54 Å². The van der Waals surface area contributed by atoms with Gasteiger partial charge in [-0.2, -0.15) is 4.98 Å². The maximum atomic E-state index is 13.0. The van der Waals surface area contributed by atoms with E-state index < -0.39 is 11.1 Å². The zero-order valence-corrected chi connectivity index (χ0v) is 15.7. The van der Waals surface area contributed by atoms with Gasteiger partial charge in [-0.15, -0.1) is 0 Å². The summed E-state index contributed by atoms with van der Waals surface area (Å²) in [6.45, 7) is 0.200. The van der Waals surface area contributed by atoms with Crippen LogP contribution in [0.3, 0.4) is 0 Å². The minimum Gasteiger partial charge on any atom is -0.337 e. The number of aromatic nitrogens is 4. The molecule has 4 rings (SSSR count). The molecule has 2 aromatic carbocycles. The lowest BCUT2D eigenvalue weighted by Gasteiger charge is -2.08. The molecule has 2 aromatic heterocycles. The first-order valence-electron chi connectivity index (χ1n) is 8.62. The monoisotopic (exact) mass is 412 g/mol. The minimum atomic E-state index is -0.706.